The Morgan fingerprint density at radius 3 is 2.58 bits per heavy atom. The van der Waals surface area contributed by atoms with Crippen LogP contribution < -0.4 is 4.74 Å². The van der Waals surface area contributed by atoms with Gasteiger partial charge in [-0.3, -0.25) is 14.1 Å². The molecule has 1 aliphatic heterocycles. The molecule has 4 nitrogen and oxygen atoms in total. The van der Waals surface area contributed by atoms with Crippen LogP contribution in [0, 0.1) is 13.8 Å². The van der Waals surface area contributed by atoms with Crippen LogP contribution >= 0.6 is 0 Å². The van der Waals surface area contributed by atoms with Gasteiger partial charge in [0.2, 0.25) is 0 Å². The van der Waals surface area contributed by atoms with Gasteiger partial charge in [-0.2, -0.15) is 0 Å². The Hall–Kier alpha value is -3.44. The van der Waals surface area contributed by atoms with Crippen LogP contribution in [-0.4, -0.2) is 41.8 Å². The third kappa shape index (κ3) is 6.90. The van der Waals surface area contributed by atoms with Crippen LogP contribution in [-0.2, 0) is 11.3 Å². The number of likely N-dealkylation sites (tertiary alicyclic amines) is 1. The summed E-state index contributed by atoms with van der Waals surface area (Å²) in [5, 5.41) is 9.73. The minimum Gasteiger partial charge on any atom is -0.493 e. The number of hydrogen-bond acceptors (Lipinski definition) is 3. The lowest BCUT2D eigenvalue weighted by atomic mass is 9.95. The molecule has 1 saturated heterocycles. The summed E-state index contributed by atoms with van der Waals surface area (Å²) in [4.78, 5) is 13.9. The van der Waals surface area contributed by atoms with E-state index < -0.39 is 12.0 Å². The molecule has 0 amide bonds. The van der Waals surface area contributed by atoms with E-state index in [1.807, 2.05) is 17.0 Å². The van der Waals surface area contributed by atoms with Crippen molar-refractivity contribution in [1.29, 1.82) is 0 Å². The molecule has 0 aliphatic carbocycles. The molecule has 1 unspecified atom stereocenters. The topological polar surface area (TPSA) is 49.8 Å². The lowest BCUT2D eigenvalue weighted by molar-refractivity contribution is -0.144. The predicted octanol–water partition coefficient (Wildman–Crippen LogP) is 7.71. The number of aryl methyl sites for hydroxylation is 1. The zero-order valence-electron chi connectivity index (χ0n) is 22.5. The summed E-state index contributed by atoms with van der Waals surface area (Å²) in [7, 11) is 0. The second-order valence-electron chi connectivity index (χ2n) is 10.1. The van der Waals surface area contributed by atoms with Crippen LogP contribution in [0.2, 0.25) is 0 Å². The van der Waals surface area contributed by atoms with Crippen molar-refractivity contribution in [1.82, 2.24) is 4.90 Å². The zero-order valence-corrected chi connectivity index (χ0v) is 22.5. The summed E-state index contributed by atoms with van der Waals surface area (Å²) in [5.41, 5.74) is 7.92. The third-order valence-electron chi connectivity index (χ3n) is 7.41. The lowest BCUT2D eigenvalue weighted by Gasteiger charge is -2.33. The number of rotatable bonds is 11. The molecule has 0 bridgehead atoms. The Morgan fingerprint density at radius 1 is 1.03 bits per heavy atom. The number of aliphatic carboxylic acids is 1. The second-order valence-corrected chi connectivity index (χ2v) is 10.1. The molecule has 0 aromatic heterocycles. The smallest absolute Gasteiger partial charge is 0.320 e. The van der Waals surface area contributed by atoms with Crippen molar-refractivity contribution in [3.8, 4) is 16.9 Å². The first-order valence-corrected chi connectivity index (χ1v) is 13.6. The lowest BCUT2D eigenvalue weighted by Crippen LogP contribution is -2.44. The minimum atomic E-state index is -0.764. The Balaban J connectivity index is 1.62. The number of unbranched alkanes of at least 4 members (excludes halogenated alkanes) is 1. The summed E-state index contributed by atoms with van der Waals surface area (Å²) < 4.78 is 18.8. The molecule has 1 heterocycles. The summed E-state index contributed by atoms with van der Waals surface area (Å²) in [5.74, 6) is -0.0157. The molecule has 3 aromatic rings. The van der Waals surface area contributed by atoms with Crippen molar-refractivity contribution in [3.05, 3.63) is 88.5 Å². The van der Waals surface area contributed by atoms with Gasteiger partial charge in [0.1, 0.15) is 11.8 Å². The zero-order chi connectivity index (χ0) is 26.9. The molecule has 200 valence electrons. The first kappa shape index (κ1) is 27.6. The maximum absolute atomic E-state index is 12.6. The molecule has 1 atom stereocenters. The maximum atomic E-state index is 12.6. The van der Waals surface area contributed by atoms with E-state index in [4.69, 9.17) is 4.74 Å². The van der Waals surface area contributed by atoms with Gasteiger partial charge >= 0.3 is 5.97 Å². The number of nitrogens with zero attached hydrogens (tertiary/aromatic N) is 1. The van der Waals surface area contributed by atoms with E-state index in [-0.39, 0.29) is 6.67 Å². The van der Waals surface area contributed by atoms with Crippen LogP contribution in [0.25, 0.3) is 23.3 Å². The second kappa shape index (κ2) is 13.4. The summed E-state index contributed by atoms with van der Waals surface area (Å²) in [6.45, 7) is 5.59. The van der Waals surface area contributed by atoms with Gasteiger partial charge in [0, 0.05) is 12.1 Å². The van der Waals surface area contributed by atoms with Crippen molar-refractivity contribution in [2.24, 2.45) is 0 Å². The van der Waals surface area contributed by atoms with Crippen molar-refractivity contribution < 1.29 is 19.0 Å². The fraction of sp³-hybridized carbons (Fsp3) is 0.364. The van der Waals surface area contributed by atoms with Gasteiger partial charge in [-0.15, -0.1) is 0 Å². The first-order chi connectivity index (χ1) is 18.5. The molecule has 1 aliphatic rings. The molecule has 0 radical (unpaired) electrons. The average molecular weight is 516 g/mol. The van der Waals surface area contributed by atoms with Gasteiger partial charge in [0.25, 0.3) is 0 Å². The van der Waals surface area contributed by atoms with Gasteiger partial charge in [-0.25, -0.2) is 0 Å². The summed E-state index contributed by atoms with van der Waals surface area (Å²) in [6, 6.07) is 20.4. The number of carboxylic acids is 1. The van der Waals surface area contributed by atoms with Crippen molar-refractivity contribution in [2.45, 2.75) is 58.5 Å². The molecule has 1 fully saturated rings. The number of benzene rings is 3. The normalized spacial score (nSPS) is 16.1. The van der Waals surface area contributed by atoms with E-state index in [9.17, 15) is 14.3 Å². The van der Waals surface area contributed by atoms with E-state index in [1.165, 1.54) is 16.7 Å². The molecule has 0 saturated carbocycles. The van der Waals surface area contributed by atoms with Gasteiger partial charge in [0.05, 0.1) is 13.3 Å². The van der Waals surface area contributed by atoms with Gasteiger partial charge in [-0.1, -0.05) is 73.2 Å². The molecule has 5 heteroatoms. The van der Waals surface area contributed by atoms with E-state index in [0.717, 1.165) is 47.4 Å². The molecule has 4 rings (SSSR count). The molecule has 3 aromatic carbocycles. The molecular formula is C33H38FNO3. The Labute approximate surface area is 225 Å². The van der Waals surface area contributed by atoms with Gasteiger partial charge in [0.15, 0.2) is 0 Å². The van der Waals surface area contributed by atoms with E-state index in [2.05, 4.69) is 74.5 Å². The highest BCUT2D eigenvalue weighted by molar-refractivity contribution is 5.78. The van der Waals surface area contributed by atoms with Crippen molar-refractivity contribution in [3.63, 3.8) is 0 Å². The number of carboxylic acid groups (broad SMARTS) is 1. The van der Waals surface area contributed by atoms with Crippen LogP contribution in [0.4, 0.5) is 4.39 Å². The highest BCUT2D eigenvalue weighted by atomic mass is 19.1. The predicted molar refractivity (Wildman–Crippen MR) is 153 cm³/mol. The van der Waals surface area contributed by atoms with E-state index in [1.54, 1.807) is 0 Å². The third-order valence-corrected chi connectivity index (χ3v) is 7.41. The Kier molecular flexibility index (Phi) is 9.72. The van der Waals surface area contributed by atoms with Crippen molar-refractivity contribution >= 4 is 18.1 Å². The monoisotopic (exact) mass is 515 g/mol. The van der Waals surface area contributed by atoms with Crippen LogP contribution in [0.3, 0.4) is 0 Å². The van der Waals surface area contributed by atoms with Crippen LogP contribution in [0.5, 0.6) is 5.75 Å². The minimum absolute atomic E-state index is 0.354. The Bertz CT molecular complexity index is 1250. The number of carbonyl (C=O) groups is 1. The quantitative estimate of drug-likeness (QED) is 0.210. The molecule has 1 N–H and O–H groups in total. The highest BCUT2D eigenvalue weighted by Crippen LogP contribution is 2.31. The molecule has 38 heavy (non-hydrogen) atoms. The number of ether oxygens (including phenoxy) is 1. The molecule has 0 spiro atoms. The van der Waals surface area contributed by atoms with E-state index in [0.29, 0.717) is 32.4 Å². The Morgan fingerprint density at radius 2 is 1.82 bits per heavy atom. The fourth-order valence-corrected chi connectivity index (χ4v) is 5.20. The first-order valence-electron chi connectivity index (χ1n) is 13.6. The number of alkyl halides is 1. The number of hydrogen-bond donors (Lipinski definition) is 1. The van der Waals surface area contributed by atoms with Gasteiger partial charge < -0.3 is 9.84 Å². The van der Waals surface area contributed by atoms with Gasteiger partial charge in [-0.05, 0) is 85.5 Å². The SMILES string of the molecule is Cc1cc(CN2CCCCC2C(=O)O)c(OCCCCF)cc1C=Cc1cccc(-c2ccccc2)c1C. The van der Waals surface area contributed by atoms with Crippen LogP contribution in [0.1, 0.15) is 59.9 Å². The maximum Gasteiger partial charge on any atom is 0.320 e. The highest BCUT2D eigenvalue weighted by Gasteiger charge is 2.29. The summed E-state index contributed by atoms with van der Waals surface area (Å²) in [6.07, 6.45) is 7.97. The standard InChI is InChI=1S/C33H38FNO3/c1-24-21-29(23-35-19-8-6-15-31(35)33(36)37)32(38-20-9-7-18-34)22-28(24)17-16-26-13-10-14-30(25(26)2)27-11-4-3-5-12-27/h3-5,10-14,16-17,21-22,31H,6-9,15,18-20,23H2,1-2H3,(H,36,37). The molecular weight excluding hydrogens is 477 g/mol. The van der Waals surface area contributed by atoms with Crippen LogP contribution in [0.15, 0.2) is 60.7 Å². The number of halogens is 1. The van der Waals surface area contributed by atoms with E-state index >= 15 is 0 Å². The largest absolute Gasteiger partial charge is 0.493 e. The van der Waals surface area contributed by atoms with Crippen molar-refractivity contribution in [2.75, 3.05) is 19.8 Å². The fourth-order valence-electron chi connectivity index (χ4n) is 5.20. The summed E-state index contributed by atoms with van der Waals surface area (Å²) >= 11 is 0. The average Bonchev–Trinajstić information content (AvgIpc) is 2.93. The number of piperidine rings is 1.